The number of aliphatic hydroxyl groups is 1. The Morgan fingerprint density at radius 3 is 2.31 bits per heavy atom. The van der Waals surface area contributed by atoms with Gasteiger partial charge in [-0.2, -0.15) is 0 Å². The first kappa shape index (κ1) is 36.4. The van der Waals surface area contributed by atoms with E-state index < -0.39 is 26.5 Å². The Kier molecular flexibility index (Phi) is 17.5. The molecule has 0 aromatic heterocycles. The Labute approximate surface area is 245 Å². The van der Waals surface area contributed by atoms with E-state index in [1.165, 1.54) is 15.2 Å². The molecule has 0 aliphatic heterocycles. The number of benzene rings is 1. The van der Waals surface area contributed by atoms with Gasteiger partial charge in [0.25, 0.3) is 0 Å². The van der Waals surface area contributed by atoms with Crippen LogP contribution in [0.15, 0.2) is 46.1 Å². The number of aliphatic hydroxyl groups excluding tert-OH is 1. The summed E-state index contributed by atoms with van der Waals surface area (Å²) in [4.78, 5) is 7.17. The summed E-state index contributed by atoms with van der Waals surface area (Å²) in [5.74, 6) is 1.50. The standard InChI is InChI=1S/C29H49O5Si.3CH3.Sn/c1-8-26(21-33-22-27-12-14-29(31-4)15-13-27)19-28(30)18-24(2)10-9-11-25(3)20-34-23-32-16-17-35(5,6)7;;;;/h11-15,24,26,28,30H,1,9-10,16-23H2,2-7H3;3*1H3;/b25-11+;;;;/t24-,26+,28-;;;;/m0..../s1. The third-order valence-electron chi connectivity index (χ3n) is 7.08. The van der Waals surface area contributed by atoms with Crippen LogP contribution in [0.25, 0.3) is 0 Å². The Morgan fingerprint density at radius 2 is 1.72 bits per heavy atom. The van der Waals surface area contributed by atoms with Crippen molar-refractivity contribution >= 4 is 26.5 Å². The van der Waals surface area contributed by atoms with E-state index >= 15 is 0 Å². The molecule has 7 heteroatoms. The molecule has 0 spiro atoms. The summed E-state index contributed by atoms with van der Waals surface area (Å²) in [6.07, 6.45) is 5.49. The number of allylic oxidation sites excluding steroid dienone is 1. The first-order valence-electron chi connectivity index (χ1n) is 14.6. The van der Waals surface area contributed by atoms with Crippen LogP contribution in [0.5, 0.6) is 5.75 Å². The molecule has 5 nitrogen and oxygen atoms in total. The van der Waals surface area contributed by atoms with Gasteiger partial charge in [0.1, 0.15) is 6.79 Å². The molecule has 0 fully saturated rings. The van der Waals surface area contributed by atoms with Crippen molar-refractivity contribution in [2.24, 2.45) is 11.8 Å². The monoisotopic (exact) mass is 670 g/mol. The first-order chi connectivity index (χ1) is 18.2. The SMILES string of the molecule is C=[C]([C@@H](COCc1ccc(OC)cc1)C[C@@H](O)C[C@@H](C)CC/C=C(\C)COCOCC[Si](C)(C)C)[Sn]([CH3])([CH3])[CH3]. The molecule has 3 atom stereocenters. The maximum absolute atomic E-state index is 11.0. The van der Waals surface area contributed by atoms with Gasteiger partial charge in [0, 0.05) is 14.7 Å². The van der Waals surface area contributed by atoms with Crippen LogP contribution in [0.1, 0.15) is 45.1 Å². The van der Waals surface area contributed by atoms with Crippen LogP contribution in [0.3, 0.4) is 0 Å². The van der Waals surface area contributed by atoms with Crippen molar-refractivity contribution in [1.82, 2.24) is 0 Å². The molecule has 0 bridgehead atoms. The number of ether oxygens (including phenoxy) is 4. The minimum atomic E-state index is -2.34. The molecule has 39 heavy (non-hydrogen) atoms. The van der Waals surface area contributed by atoms with E-state index in [1.807, 2.05) is 24.3 Å². The van der Waals surface area contributed by atoms with E-state index in [0.717, 1.165) is 43.6 Å². The van der Waals surface area contributed by atoms with E-state index in [2.05, 4.69) is 61.0 Å². The average Bonchev–Trinajstić information content (AvgIpc) is 2.84. The Morgan fingerprint density at radius 1 is 1.05 bits per heavy atom. The molecule has 0 saturated carbocycles. The number of rotatable bonds is 21. The van der Waals surface area contributed by atoms with Crippen LogP contribution >= 0.6 is 0 Å². The molecule has 0 saturated heterocycles. The molecule has 1 aromatic carbocycles. The number of hydrogen-bond donors (Lipinski definition) is 1. The predicted molar refractivity (Wildman–Crippen MR) is 171 cm³/mol. The van der Waals surface area contributed by atoms with Gasteiger partial charge < -0.3 is 4.74 Å². The molecule has 0 aliphatic rings. The number of hydrogen-bond acceptors (Lipinski definition) is 5. The van der Waals surface area contributed by atoms with E-state index in [0.29, 0.717) is 32.5 Å². The molecule has 1 N–H and O–H groups in total. The quantitative estimate of drug-likeness (QED) is 0.0621. The summed E-state index contributed by atoms with van der Waals surface area (Å²) in [5, 5.41) is 11.0. The number of methoxy groups -OCH3 is 1. The molecule has 1 rings (SSSR count). The second-order valence-corrected chi connectivity index (χ2v) is 33.7. The van der Waals surface area contributed by atoms with Gasteiger partial charge >= 0.3 is 194 Å². The van der Waals surface area contributed by atoms with Gasteiger partial charge in [-0.25, -0.2) is 0 Å². The minimum absolute atomic E-state index is 0.202. The molecule has 0 aliphatic carbocycles. The Balaban J connectivity index is 2.43. The average molecular weight is 670 g/mol. The van der Waals surface area contributed by atoms with Crippen molar-refractivity contribution in [1.29, 1.82) is 0 Å². The summed E-state index contributed by atoms with van der Waals surface area (Å²) in [7, 11) is 0.628. The second kappa shape index (κ2) is 18.7. The molecular formula is C32H58O5SiSn. The molecule has 224 valence electrons. The van der Waals surface area contributed by atoms with Gasteiger partial charge in [0.05, 0.1) is 0 Å². The molecule has 0 amide bonds. The summed E-state index contributed by atoms with van der Waals surface area (Å²) in [6.45, 7) is 18.8. The van der Waals surface area contributed by atoms with E-state index in [9.17, 15) is 5.11 Å². The maximum atomic E-state index is 11.0. The summed E-state index contributed by atoms with van der Waals surface area (Å²) < 4.78 is 24.0. The van der Waals surface area contributed by atoms with Gasteiger partial charge in [-0.15, -0.1) is 0 Å². The second-order valence-electron chi connectivity index (χ2n) is 13.4. The van der Waals surface area contributed by atoms with Crippen LogP contribution in [0, 0.1) is 11.8 Å². The zero-order valence-corrected chi connectivity index (χ0v) is 30.3. The van der Waals surface area contributed by atoms with E-state index in [-0.39, 0.29) is 12.0 Å². The Hall–Kier alpha value is -0.644. The fourth-order valence-electron chi connectivity index (χ4n) is 4.34. The fraction of sp³-hybridized carbons (Fsp3) is 0.688. The van der Waals surface area contributed by atoms with Crippen LogP contribution in [0.4, 0.5) is 0 Å². The van der Waals surface area contributed by atoms with Crippen LogP contribution < -0.4 is 4.74 Å². The third kappa shape index (κ3) is 17.7. The summed E-state index contributed by atoms with van der Waals surface area (Å²) in [6, 6.07) is 9.15. The molecule has 0 unspecified atom stereocenters. The van der Waals surface area contributed by atoms with Crippen molar-refractivity contribution in [3.63, 3.8) is 0 Å². The van der Waals surface area contributed by atoms with Gasteiger partial charge in [-0.1, -0.05) is 19.6 Å². The summed E-state index contributed by atoms with van der Waals surface area (Å²) >= 11 is -2.34. The van der Waals surface area contributed by atoms with Gasteiger partial charge in [-0.05, 0) is 6.04 Å². The molecular weight excluding hydrogens is 611 g/mol. The van der Waals surface area contributed by atoms with Crippen LogP contribution in [-0.4, -0.2) is 71.4 Å². The van der Waals surface area contributed by atoms with Gasteiger partial charge in [0.15, 0.2) is 0 Å². The fourth-order valence-corrected chi connectivity index (χ4v) is 9.17. The molecule has 1 aromatic rings. The van der Waals surface area contributed by atoms with Crippen molar-refractivity contribution in [3.8, 4) is 5.75 Å². The Bertz CT molecular complexity index is 842. The van der Waals surface area contributed by atoms with Crippen molar-refractivity contribution in [2.45, 2.75) is 92.7 Å². The van der Waals surface area contributed by atoms with Crippen molar-refractivity contribution in [2.75, 3.05) is 33.7 Å². The van der Waals surface area contributed by atoms with E-state index in [4.69, 9.17) is 18.9 Å². The predicted octanol–water partition coefficient (Wildman–Crippen LogP) is 8.09. The van der Waals surface area contributed by atoms with Crippen molar-refractivity contribution in [3.05, 3.63) is 51.6 Å². The van der Waals surface area contributed by atoms with Gasteiger partial charge in [0.2, 0.25) is 0 Å². The van der Waals surface area contributed by atoms with Crippen molar-refractivity contribution < 1.29 is 24.1 Å². The molecule has 0 heterocycles. The third-order valence-corrected chi connectivity index (χ3v) is 15.4. The van der Waals surface area contributed by atoms with E-state index in [1.54, 1.807) is 7.11 Å². The first-order valence-corrected chi connectivity index (χ1v) is 28.3. The topological polar surface area (TPSA) is 57.2 Å². The van der Waals surface area contributed by atoms with Crippen LogP contribution in [-0.2, 0) is 20.8 Å². The molecule has 0 radical (unpaired) electrons. The van der Waals surface area contributed by atoms with Gasteiger partial charge in [-0.3, -0.25) is 0 Å². The zero-order chi connectivity index (χ0) is 29.5. The zero-order valence-electron chi connectivity index (χ0n) is 26.5. The van der Waals surface area contributed by atoms with Crippen LogP contribution in [0.2, 0.25) is 40.5 Å². The summed E-state index contributed by atoms with van der Waals surface area (Å²) in [5.41, 5.74) is 2.36. The normalized spacial score (nSPS) is 15.2.